The second-order valence-corrected chi connectivity index (χ2v) is 8.16. The zero-order valence-corrected chi connectivity index (χ0v) is 16.7. The first-order valence-electron chi connectivity index (χ1n) is 9.58. The van der Waals surface area contributed by atoms with Crippen molar-refractivity contribution in [1.29, 1.82) is 0 Å². The summed E-state index contributed by atoms with van der Waals surface area (Å²) in [4.78, 5) is 32.8. The van der Waals surface area contributed by atoms with Gasteiger partial charge in [-0.05, 0) is 43.3 Å². The van der Waals surface area contributed by atoms with Crippen molar-refractivity contribution in [1.82, 2.24) is 9.88 Å². The number of aromatic nitrogens is 1. The lowest BCUT2D eigenvalue weighted by Crippen LogP contribution is -2.48. The highest BCUT2D eigenvalue weighted by atomic mass is 32.1. The third-order valence-electron chi connectivity index (χ3n) is 5.16. The van der Waals surface area contributed by atoms with Crippen LogP contribution >= 0.6 is 11.3 Å². The minimum atomic E-state index is 0.0788. The quantitative estimate of drug-likeness (QED) is 0.619. The maximum Gasteiger partial charge on any atom is 0.223 e. The lowest BCUT2D eigenvalue weighted by atomic mass is 10.1. The number of fused-ring (bicyclic) bond motifs is 1. The second-order valence-electron chi connectivity index (χ2n) is 7.05. The molecule has 0 unspecified atom stereocenters. The topological polar surface area (TPSA) is 53.5 Å². The first-order chi connectivity index (χ1) is 13.6. The van der Waals surface area contributed by atoms with Crippen LogP contribution in [0.15, 0.2) is 48.5 Å². The number of benzene rings is 2. The van der Waals surface area contributed by atoms with Gasteiger partial charge < -0.3 is 9.80 Å². The number of rotatable bonds is 5. The van der Waals surface area contributed by atoms with Gasteiger partial charge in [-0.1, -0.05) is 12.1 Å². The largest absolute Gasteiger partial charge is 0.368 e. The van der Waals surface area contributed by atoms with E-state index in [4.69, 9.17) is 0 Å². The van der Waals surface area contributed by atoms with Gasteiger partial charge in [-0.2, -0.15) is 0 Å². The van der Waals surface area contributed by atoms with Gasteiger partial charge in [0.15, 0.2) is 5.78 Å². The first kappa shape index (κ1) is 18.6. The van der Waals surface area contributed by atoms with Crippen LogP contribution in [0.5, 0.6) is 0 Å². The van der Waals surface area contributed by atoms with Gasteiger partial charge in [0.25, 0.3) is 0 Å². The van der Waals surface area contributed by atoms with Crippen LogP contribution in [-0.2, 0) is 11.2 Å². The third-order valence-corrected chi connectivity index (χ3v) is 6.26. The molecule has 0 atom stereocenters. The maximum atomic E-state index is 12.6. The molecule has 1 saturated heterocycles. The fourth-order valence-electron chi connectivity index (χ4n) is 3.52. The standard InChI is InChI=1S/C22H23N3O2S/c1-16(26)17-6-8-18(9-7-17)24-12-14-25(15-13-24)22(27)11-10-21-23-19-4-2-3-5-20(19)28-21/h2-9H,10-15H2,1H3. The fourth-order valence-corrected chi connectivity index (χ4v) is 4.49. The van der Waals surface area contributed by atoms with E-state index in [1.54, 1.807) is 18.3 Å². The van der Waals surface area contributed by atoms with Crippen molar-refractivity contribution in [3.63, 3.8) is 0 Å². The van der Waals surface area contributed by atoms with Gasteiger partial charge in [0.1, 0.15) is 0 Å². The molecule has 28 heavy (non-hydrogen) atoms. The van der Waals surface area contributed by atoms with E-state index in [-0.39, 0.29) is 11.7 Å². The predicted octanol–water partition coefficient (Wildman–Crippen LogP) is 3.78. The SMILES string of the molecule is CC(=O)c1ccc(N2CCN(C(=O)CCc3nc4ccccc4s3)CC2)cc1. The number of Topliss-reactive ketones (excluding diaryl/α,β-unsaturated/α-hetero) is 1. The Balaban J connectivity index is 1.29. The summed E-state index contributed by atoms with van der Waals surface area (Å²) < 4.78 is 1.18. The molecule has 1 aliphatic rings. The minimum Gasteiger partial charge on any atom is -0.368 e. The van der Waals surface area contributed by atoms with E-state index in [1.807, 2.05) is 47.4 Å². The highest BCUT2D eigenvalue weighted by molar-refractivity contribution is 7.18. The molecule has 0 radical (unpaired) electrons. The maximum absolute atomic E-state index is 12.6. The number of anilines is 1. The number of para-hydroxylation sites is 1. The Bertz CT molecular complexity index is 955. The lowest BCUT2D eigenvalue weighted by molar-refractivity contribution is -0.131. The van der Waals surface area contributed by atoms with Crippen LogP contribution in [0.3, 0.4) is 0 Å². The monoisotopic (exact) mass is 393 g/mol. The summed E-state index contributed by atoms with van der Waals surface area (Å²) in [5.74, 6) is 0.279. The number of carbonyl (C=O) groups is 2. The number of aryl methyl sites for hydroxylation is 1. The number of ketones is 1. The van der Waals surface area contributed by atoms with Crippen LogP contribution in [0.1, 0.15) is 28.7 Å². The molecule has 6 heteroatoms. The molecule has 0 N–H and O–H groups in total. The van der Waals surface area contributed by atoms with Crippen LogP contribution in [0.4, 0.5) is 5.69 Å². The fraction of sp³-hybridized carbons (Fsp3) is 0.318. The van der Waals surface area contributed by atoms with E-state index in [9.17, 15) is 9.59 Å². The van der Waals surface area contributed by atoms with Gasteiger partial charge >= 0.3 is 0 Å². The van der Waals surface area contributed by atoms with Crippen molar-refractivity contribution in [3.8, 4) is 0 Å². The van der Waals surface area contributed by atoms with Crippen LogP contribution in [0.2, 0.25) is 0 Å². The van der Waals surface area contributed by atoms with Gasteiger partial charge in [-0.15, -0.1) is 11.3 Å². The second kappa shape index (κ2) is 8.10. The third kappa shape index (κ3) is 4.07. The number of nitrogens with zero attached hydrogens (tertiary/aromatic N) is 3. The number of carbonyl (C=O) groups excluding carboxylic acids is 2. The normalized spacial score (nSPS) is 14.5. The van der Waals surface area contributed by atoms with Crippen LogP contribution < -0.4 is 4.90 Å². The van der Waals surface area contributed by atoms with Gasteiger partial charge in [0.05, 0.1) is 15.2 Å². The Morgan fingerprint density at radius 2 is 1.71 bits per heavy atom. The number of thiazole rings is 1. The van der Waals surface area contributed by atoms with Crippen LogP contribution in [0.25, 0.3) is 10.2 Å². The Labute approximate surface area is 168 Å². The van der Waals surface area contributed by atoms with Gasteiger partial charge in [0.2, 0.25) is 5.91 Å². The first-order valence-corrected chi connectivity index (χ1v) is 10.4. The van der Waals surface area contributed by atoms with E-state index in [2.05, 4.69) is 16.0 Å². The summed E-state index contributed by atoms with van der Waals surface area (Å²) in [5.41, 5.74) is 2.85. The minimum absolute atomic E-state index is 0.0788. The summed E-state index contributed by atoms with van der Waals surface area (Å²) in [7, 11) is 0. The number of hydrogen-bond donors (Lipinski definition) is 0. The Morgan fingerprint density at radius 1 is 1.00 bits per heavy atom. The van der Waals surface area contributed by atoms with Crippen LogP contribution in [0, 0.1) is 0 Å². The predicted molar refractivity (Wildman–Crippen MR) is 113 cm³/mol. The molecule has 0 spiro atoms. The smallest absolute Gasteiger partial charge is 0.223 e. The molecule has 0 saturated carbocycles. The molecule has 1 amide bonds. The van der Waals surface area contributed by atoms with E-state index in [1.165, 1.54) is 4.70 Å². The summed E-state index contributed by atoms with van der Waals surface area (Å²) in [5, 5.41) is 1.03. The average Bonchev–Trinajstić information content (AvgIpc) is 3.15. The lowest BCUT2D eigenvalue weighted by Gasteiger charge is -2.36. The summed E-state index contributed by atoms with van der Waals surface area (Å²) in [6, 6.07) is 15.8. The number of amides is 1. The molecule has 0 bridgehead atoms. The van der Waals surface area contributed by atoms with Gasteiger partial charge in [-0.3, -0.25) is 9.59 Å². The molecular formula is C22H23N3O2S. The molecule has 144 valence electrons. The Kier molecular flexibility index (Phi) is 5.39. The van der Waals surface area contributed by atoms with Gasteiger partial charge in [0, 0.05) is 50.3 Å². The molecule has 1 fully saturated rings. The Hall–Kier alpha value is -2.73. The van der Waals surface area contributed by atoms with Crippen molar-refractivity contribution in [2.24, 2.45) is 0 Å². The highest BCUT2D eigenvalue weighted by Crippen LogP contribution is 2.23. The molecule has 5 nitrogen and oxygen atoms in total. The molecule has 2 aromatic carbocycles. The molecule has 1 aliphatic heterocycles. The van der Waals surface area contributed by atoms with Crippen molar-refractivity contribution in [2.45, 2.75) is 19.8 Å². The Morgan fingerprint density at radius 3 is 2.39 bits per heavy atom. The molecule has 1 aromatic heterocycles. The molecular weight excluding hydrogens is 370 g/mol. The van der Waals surface area contributed by atoms with Crippen LogP contribution in [-0.4, -0.2) is 47.8 Å². The highest BCUT2D eigenvalue weighted by Gasteiger charge is 2.21. The molecule has 3 aromatic rings. The average molecular weight is 394 g/mol. The van der Waals surface area contributed by atoms with E-state index in [0.717, 1.165) is 48.0 Å². The number of piperazine rings is 1. The molecule has 2 heterocycles. The molecule has 4 rings (SSSR count). The van der Waals surface area contributed by atoms with Crippen molar-refractivity contribution >= 4 is 38.9 Å². The van der Waals surface area contributed by atoms with Crippen molar-refractivity contribution < 1.29 is 9.59 Å². The van der Waals surface area contributed by atoms with Gasteiger partial charge in [-0.25, -0.2) is 4.98 Å². The van der Waals surface area contributed by atoms with E-state index >= 15 is 0 Å². The van der Waals surface area contributed by atoms with Crippen molar-refractivity contribution in [2.75, 3.05) is 31.1 Å². The summed E-state index contributed by atoms with van der Waals surface area (Å²) in [6.45, 7) is 4.66. The van der Waals surface area contributed by atoms with E-state index in [0.29, 0.717) is 12.8 Å². The van der Waals surface area contributed by atoms with E-state index < -0.39 is 0 Å². The zero-order chi connectivity index (χ0) is 19.5. The molecule has 0 aliphatic carbocycles. The summed E-state index contributed by atoms with van der Waals surface area (Å²) >= 11 is 1.67. The zero-order valence-electron chi connectivity index (χ0n) is 15.9. The van der Waals surface area contributed by atoms with Crippen molar-refractivity contribution in [3.05, 3.63) is 59.1 Å². The summed E-state index contributed by atoms with van der Waals surface area (Å²) in [6.07, 6.45) is 1.21. The number of hydrogen-bond acceptors (Lipinski definition) is 5.